The van der Waals surface area contributed by atoms with E-state index in [0.717, 1.165) is 5.75 Å². The first-order chi connectivity index (χ1) is 8.79. The van der Waals surface area contributed by atoms with Gasteiger partial charge < -0.3 is 10.4 Å². The summed E-state index contributed by atoms with van der Waals surface area (Å²) in [4.78, 5) is 26.2. The number of carboxylic acid groups (broad SMARTS) is 1. The number of aromatic nitrogens is 1. The van der Waals surface area contributed by atoms with Crippen LogP contribution in [0.3, 0.4) is 0 Å². The molecule has 0 radical (unpaired) electrons. The molecule has 5 nitrogen and oxygen atoms in total. The summed E-state index contributed by atoms with van der Waals surface area (Å²) in [5.74, 6) is -0.608. The normalized spacial score (nSPS) is 11.1. The summed E-state index contributed by atoms with van der Waals surface area (Å²) < 4.78 is 0.165. The molecule has 1 heterocycles. The van der Waals surface area contributed by atoms with Crippen LogP contribution in [-0.4, -0.2) is 39.0 Å². The molecule has 0 aromatic carbocycles. The number of rotatable bonds is 5. The number of nitrogens with one attached hydrogen (secondary N) is 1. The van der Waals surface area contributed by atoms with E-state index < -0.39 is 5.97 Å². The molecule has 0 saturated heterocycles. The summed E-state index contributed by atoms with van der Waals surface area (Å²) in [7, 11) is 0. The number of aromatic carboxylic acids is 1. The number of thioether (sulfide) groups is 1. The average molecular weight is 282 g/mol. The standard InChI is InChI=1S/C13H18N2O3S/c1-13(2,3)19-7-6-15-11(16)9-4-5-14-10(8-9)12(17)18/h4-5,8H,6-7H2,1-3H3,(H,15,16)(H,17,18). The first-order valence-corrected chi connectivity index (χ1v) is 6.89. The highest BCUT2D eigenvalue weighted by atomic mass is 32.2. The van der Waals surface area contributed by atoms with Gasteiger partial charge >= 0.3 is 5.97 Å². The number of hydrogen-bond acceptors (Lipinski definition) is 4. The van der Waals surface area contributed by atoms with E-state index in [2.05, 4.69) is 31.1 Å². The number of amides is 1. The van der Waals surface area contributed by atoms with Crippen molar-refractivity contribution in [2.75, 3.05) is 12.3 Å². The van der Waals surface area contributed by atoms with Crippen LogP contribution in [0.5, 0.6) is 0 Å². The van der Waals surface area contributed by atoms with E-state index in [0.29, 0.717) is 12.1 Å². The van der Waals surface area contributed by atoms with Gasteiger partial charge in [-0.1, -0.05) is 20.8 Å². The summed E-state index contributed by atoms with van der Waals surface area (Å²) in [6.07, 6.45) is 1.32. The molecule has 0 spiro atoms. The molecule has 0 saturated carbocycles. The van der Waals surface area contributed by atoms with Crippen LogP contribution in [0, 0.1) is 0 Å². The molecular weight excluding hydrogens is 264 g/mol. The van der Waals surface area contributed by atoms with E-state index in [-0.39, 0.29) is 16.3 Å². The average Bonchev–Trinajstić information content (AvgIpc) is 2.33. The fourth-order valence-electron chi connectivity index (χ4n) is 1.31. The van der Waals surface area contributed by atoms with Crippen LogP contribution in [0.15, 0.2) is 18.3 Å². The lowest BCUT2D eigenvalue weighted by molar-refractivity contribution is 0.0690. The molecule has 0 bridgehead atoms. The van der Waals surface area contributed by atoms with E-state index in [4.69, 9.17) is 5.11 Å². The fourth-order valence-corrected chi connectivity index (χ4v) is 2.13. The van der Waals surface area contributed by atoms with Gasteiger partial charge in [0.25, 0.3) is 5.91 Å². The summed E-state index contributed by atoms with van der Waals surface area (Å²) in [5, 5.41) is 11.6. The highest BCUT2D eigenvalue weighted by Crippen LogP contribution is 2.22. The lowest BCUT2D eigenvalue weighted by Crippen LogP contribution is -2.27. The van der Waals surface area contributed by atoms with Gasteiger partial charge in [0.05, 0.1) is 0 Å². The van der Waals surface area contributed by atoms with Gasteiger partial charge in [-0.05, 0) is 12.1 Å². The van der Waals surface area contributed by atoms with Crippen molar-refractivity contribution in [1.29, 1.82) is 0 Å². The molecule has 0 aliphatic heterocycles. The molecule has 2 N–H and O–H groups in total. The van der Waals surface area contributed by atoms with Gasteiger partial charge in [0.15, 0.2) is 0 Å². The second kappa shape index (κ2) is 6.56. The number of carbonyl (C=O) groups is 2. The number of carbonyl (C=O) groups excluding carboxylic acids is 1. The van der Waals surface area contributed by atoms with Crippen LogP contribution in [-0.2, 0) is 0 Å². The Kier molecular flexibility index (Phi) is 5.35. The van der Waals surface area contributed by atoms with Crippen molar-refractivity contribution in [1.82, 2.24) is 10.3 Å². The van der Waals surface area contributed by atoms with Crippen LogP contribution in [0.25, 0.3) is 0 Å². The van der Waals surface area contributed by atoms with Gasteiger partial charge in [0, 0.05) is 28.8 Å². The monoisotopic (exact) mass is 282 g/mol. The molecule has 0 fully saturated rings. The van der Waals surface area contributed by atoms with Crippen LogP contribution < -0.4 is 5.32 Å². The topological polar surface area (TPSA) is 79.3 Å². The third-order valence-electron chi connectivity index (χ3n) is 2.16. The Bertz CT molecular complexity index is 469. The third kappa shape index (κ3) is 5.74. The van der Waals surface area contributed by atoms with Gasteiger partial charge in [0.2, 0.25) is 0 Å². The maximum atomic E-state index is 11.8. The molecule has 19 heavy (non-hydrogen) atoms. The summed E-state index contributed by atoms with van der Waals surface area (Å²) in [6, 6.07) is 2.77. The highest BCUT2D eigenvalue weighted by molar-refractivity contribution is 8.00. The Morgan fingerprint density at radius 1 is 1.42 bits per heavy atom. The van der Waals surface area contributed by atoms with E-state index in [1.165, 1.54) is 18.3 Å². The van der Waals surface area contributed by atoms with Crippen molar-refractivity contribution < 1.29 is 14.7 Å². The molecule has 0 unspecified atom stereocenters. The second-order valence-electron chi connectivity index (χ2n) is 4.95. The first kappa shape index (κ1) is 15.5. The molecule has 1 amide bonds. The Morgan fingerprint density at radius 2 is 2.11 bits per heavy atom. The maximum Gasteiger partial charge on any atom is 0.354 e. The molecule has 1 aromatic heterocycles. The van der Waals surface area contributed by atoms with Crippen molar-refractivity contribution in [3.05, 3.63) is 29.6 Å². The van der Waals surface area contributed by atoms with Crippen LogP contribution in [0.2, 0.25) is 0 Å². The van der Waals surface area contributed by atoms with Crippen LogP contribution in [0.1, 0.15) is 41.6 Å². The van der Waals surface area contributed by atoms with Gasteiger partial charge in [-0.15, -0.1) is 0 Å². The quantitative estimate of drug-likeness (QED) is 0.808. The molecule has 1 aromatic rings. The smallest absolute Gasteiger partial charge is 0.354 e. The minimum Gasteiger partial charge on any atom is -0.477 e. The molecule has 0 aliphatic rings. The fraction of sp³-hybridized carbons (Fsp3) is 0.462. The largest absolute Gasteiger partial charge is 0.477 e. The van der Waals surface area contributed by atoms with Crippen LogP contribution >= 0.6 is 11.8 Å². The Morgan fingerprint density at radius 3 is 2.68 bits per heavy atom. The lowest BCUT2D eigenvalue weighted by Gasteiger charge is -2.17. The molecule has 0 atom stereocenters. The van der Waals surface area contributed by atoms with Crippen molar-refractivity contribution in [2.24, 2.45) is 0 Å². The molecular formula is C13H18N2O3S. The van der Waals surface area contributed by atoms with Crippen molar-refractivity contribution >= 4 is 23.6 Å². The van der Waals surface area contributed by atoms with Crippen LogP contribution in [0.4, 0.5) is 0 Å². The Hall–Kier alpha value is -1.56. The zero-order valence-electron chi connectivity index (χ0n) is 11.3. The van der Waals surface area contributed by atoms with E-state index in [1.54, 1.807) is 11.8 Å². The maximum absolute atomic E-state index is 11.8. The first-order valence-electron chi connectivity index (χ1n) is 5.91. The van der Waals surface area contributed by atoms with Crippen molar-refractivity contribution in [2.45, 2.75) is 25.5 Å². The van der Waals surface area contributed by atoms with Gasteiger partial charge in [-0.25, -0.2) is 9.78 Å². The zero-order chi connectivity index (χ0) is 14.5. The van der Waals surface area contributed by atoms with Gasteiger partial charge in [-0.3, -0.25) is 4.79 Å². The minimum atomic E-state index is -1.14. The number of hydrogen-bond donors (Lipinski definition) is 2. The number of nitrogens with zero attached hydrogens (tertiary/aromatic N) is 1. The highest BCUT2D eigenvalue weighted by Gasteiger charge is 2.12. The predicted molar refractivity (Wildman–Crippen MR) is 75.7 cm³/mol. The molecule has 104 valence electrons. The molecule has 1 rings (SSSR count). The lowest BCUT2D eigenvalue weighted by atomic mass is 10.2. The zero-order valence-corrected chi connectivity index (χ0v) is 12.1. The van der Waals surface area contributed by atoms with Gasteiger partial charge in [-0.2, -0.15) is 11.8 Å². The minimum absolute atomic E-state index is 0.128. The van der Waals surface area contributed by atoms with E-state index in [9.17, 15) is 9.59 Å². The number of carboxylic acids is 1. The molecule has 6 heteroatoms. The second-order valence-corrected chi connectivity index (χ2v) is 6.87. The van der Waals surface area contributed by atoms with Crippen molar-refractivity contribution in [3.8, 4) is 0 Å². The third-order valence-corrected chi connectivity index (χ3v) is 3.44. The Labute approximate surface area is 116 Å². The summed E-state index contributed by atoms with van der Waals surface area (Å²) in [6.45, 7) is 6.88. The predicted octanol–water partition coefficient (Wildman–Crippen LogP) is 2.04. The Balaban J connectivity index is 2.50. The summed E-state index contributed by atoms with van der Waals surface area (Å²) in [5.41, 5.74) is 0.185. The van der Waals surface area contributed by atoms with E-state index >= 15 is 0 Å². The summed E-state index contributed by atoms with van der Waals surface area (Å²) >= 11 is 1.76. The number of pyridine rings is 1. The van der Waals surface area contributed by atoms with E-state index in [1.807, 2.05) is 0 Å². The van der Waals surface area contributed by atoms with Gasteiger partial charge in [0.1, 0.15) is 5.69 Å². The molecule has 0 aliphatic carbocycles. The van der Waals surface area contributed by atoms with Crippen molar-refractivity contribution in [3.63, 3.8) is 0 Å². The SMILES string of the molecule is CC(C)(C)SCCNC(=O)c1ccnc(C(=O)O)c1.